The first-order valence-electron chi connectivity index (χ1n) is 4.99. The number of hydrogen-bond acceptors (Lipinski definition) is 4. The predicted molar refractivity (Wildman–Crippen MR) is 59.2 cm³/mol. The molecule has 92 valence electrons. The van der Waals surface area contributed by atoms with E-state index in [1.54, 1.807) is 20.8 Å². The summed E-state index contributed by atoms with van der Waals surface area (Å²) in [5.74, 6) is 0. The highest BCUT2D eigenvalue weighted by Gasteiger charge is 2.27. The van der Waals surface area contributed by atoms with Gasteiger partial charge in [-0.3, -0.25) is 0 Å². The third-order valence-corrected chi connectivity index (χ3v) is 4.00. The molecule has 0 aliphatic carbocycles. The van der Waals surface area contributed by atoms with Gasteiger partial charge in [-0.25, -0.2) is 13.1 Å². The summed E-state index contributed by atoms with van der Waals surface area (Å²) in [7, 11) is -3.25. The first-order valence-corrected chi connectivity index (χ1v) is 6.47. The molecule has 0 bridgehead atoms. The molecule has 0 atom stereocenters. The second-order valence-electron chi connectivity index (χ2n) is 4.20. The highest BCUT2D eigenvalue weighted by molar-refractivity contribution is 7.90. The molecule has 0 aromatic heterocycles. The van der Waals surface area contributed by atoms with Crippen LogP contribution in [0.2, 0.25) is 0 Å². The lowest BCUT2D eigenvalue weighted by molar-refractivity contribution is 0.0913. The molecule has 15 heavy (non-hydrogen) atoms. The van der Waals surface area contributed by atoms with Gasteiger partial charge in [0.1, 0.15) is 0 Å². The molecular weight excluding hydrogens is 218 g/mol. The van der Waals surface area contributed by atoms with E-state index in [1.165, 1.54) is 0 Å². The quantitative estimate of drug-likeness (QED) is 0.618. The lowest BCUT2D eigenvalue weighted by atomic mass is 10.3. The Morgan fingerprint density at radius 1 is 1.27 bits per heavy atom. The molecule has 0 heterocycles. The van der Waals surface area contributed by atoms with E-state index in [1.807, 2.05) is 0 Å². The molecule has 0 spiro atoms. The fourth-order valence-corrected chi connectivity index (χ4v) is 1.61. The highest BCUT2D eigenvalue weighted by atomic mass is 32.2. The summed E-state index contributed by atoms with van der Waals surface area (Å²) in [6.45, 7) is 6.06. The van der Waals surface area contributed by atoms with E-state index >= 15 is 0 Å². The monoisotopic (exact) mass is 239 g/mol. The molecule has 5 nitrogen and oxygen atoms in total. The fourth-order valence-electron chi connectivity index (χ4n) is 0.764. The molecular formula is C9H21NO4S. The summed E-state index contributed by atoms with van der Waals surface area (Å²) in [5, 5.41) is 8.42. The van der Waals surface area contributed by atoms with Gasteiger partial charge in [-0.05, 0) is 27.2 Å². The fraction of sp³-hybridized carbons (Fsp3) is 1.00. The highest BCUT2D eigenvalue weighted by Crippen LogP contribution is 2.12. The Labute approximate surface area is 91.9 Å². The number of hydrogen-bond donors (Lipinski definition) is 2. The second kappa shape index (κ2) is 6.42. The van der Waals surface area contributed by atoms with Crippen molar-refractivity contribution in [2.24, 2.45) is 0 Å². The van der Waals surface area contributed by atoms with Crippen LogP contribution in [-0.4, -0.2) is 44.6 Å². The minimum atomic E-state index is -3.25. The Bertz CT molecular complexity index is 256. The van der Waals surface area contributed by atoms with Crippen molar-refractivity contribution in [1.29, 1.82) is 0 Å². The molecule has 0 aliphatic heterocycles. The van der Waals surface area contributed by atoms with Gasteiger partial charge in [0.2, 0.25) is 10.0 Å². The van der Waals surface area contributed by atoms with Crippen molar-refractivity contribution in [2.75, 3.05) is 26.4 Å². The van der Waals surface area contributed by atoms with Crippen LogP contribution in [0.5, 0.6) is 0 Å². The zero-order chi connectivity index (χ0) is 11.9. The van der Waals surface area contributed by atoms with Gasteiger partial charge in [-0.2, -0.15) is 0 Å². The Kier molecular flexibility index (Phi) is 6.35. The summed E-state index contributed by atoms with van der Waals surface area (Å²) in [6.07, 6.45) is 0.606. The molecule has 0 radical (unpaired) electrons. The van der Waals surface area contributed by atoms with Gasteiger partial charge < -0.3 is 9.84 Å². The van der Waals surface area contributed by atoms with E-state index in [2.05, 4.69) is 4.72 Å². The molecule has 0 unspecified atom stereocenters. The Hall–Kier alpha value is -0.170. The topological polar surface area (TPSA) is 75.6 Å². The number of aliphatic hydroxyl groups is 1. The van der Waals surface area contributed by atoms with Crippen molar-refractivity contribution in [3.8, 4) is 0 Å². The maximum atomic E-state index is 11.5. The van der Waals surface area contributed by atoms with Gasteiger partial charge in [0, 0.05) is 13.2 Å². The number of nitrogens with one attached hydrogen (secondary N) is 1. The van der Waals surface area contributed by atoms with Gasteiger partial charge in [0.15, 0.2) is 0 Å². The van der Waals surface area contributed by atoms with Crippen LogP contribution in [0.25, 0.3) is 0 Å². The third-order valence-electron chi connectivity index (χ3n) is 1.80. The second-order valence-corrected chi connectivity index (χ2v) is 6.72. The molecule has 0 rings (SSSR count). The lowest BCUT2D eigenvalue weighted by Crippen LogP contribution is -2.39. The van der Waals surface area contributed by atoms with Crippen LogP contribution < -0.4 is 4.72 Å². The van der Waals surface area contributed by atoms with Crippen LogP contribution in [0.1, 0.15) is 27.2 Å². The summed E-state index contributed by atoms with van der Waals surface area (Å²) < 4.78 is 29.8. The summed E-state index contributed by atoms with van der Waals surface area (Å²) in [6, 6.07) is 0. The smallest absolute Gasteiger partial charge is 0.216 e. The van der Waals surface area contributed by atoms with Crippen LogP contribution in [-0.2, 0) is 14.8 Å². The van der Waals surface area contributed by atoms with Crippen molar-refractivity contribution in [3.05, 3.63) is 0 Å². The molecule has 0 saturated heterocycles. The number of ether oxygens (including phenoxy) is 1. The van der Waals surface area contributed by atoms with Gasteiger partial charge in [-0.15, -0.1) is 0 Å². The molecule has 0 amide bonds. The minimum Gasteiger partial charge on any atom is -0.394 e. The first kappa shape index (κ1) is 14.8. The zero-order valence-electron chi connectivity index (χ0n) is 9.62. The molecule has 0 aliphatic rings. The minimum absolute atomic E-state index is 0.00623. The SMILES string of the molecule is CC(C)(C)S(=O)(=O)NCCCOCCO. The average molecular weight is 239 g/mol. The van der Waals surface area contributed by atoms with Crippen LogP contribution in [0.4, 0.5) is 0 Å². The van der Waals surface area contributed by atoms with E-state index in [0.29, 0.717) is 26.2 Å². The number of sulfonamides is 1. The van der Waals surface area contributed by atoms with Crippen molar-refractivity contribution in [1.82, 2.24) is 4.72 Å². The Morgan fingerprint density at radius 3 is 2.33 bits per heavy atom. The summed E-state index contributed by atoms with van der Waals surface area (Å²) in [5.41, 5.74) is 0. The normalized spacial score (nSPS) is 13.1. The largest absolute Gasteiger partial charge is 0.394 e. The van der Waals surface area contributed by atoms with Gasteiger partial charge in [0.25, 0.3) is 0 Å². The van der Waals surface area contributed by atoms with E-state index < -0.39 is 14.8 Å². The van der Waals surface area contributed by atoms with E-state index in [4.69, 9.17) is 9.84 Å². The standard InChI is InChI=1S/C9H21NO4S/c1-9(2,3)15(12,13)10-5-4-7-14-8-6-11/h10-11H,4-8H2,1-3H3. The predicted octanol–water partition coefficient (Wildman–Crippen LogP) is 0.103. The zero-order valence-corrected chi connectivity index (χ0v) is 10.4. The van der Waals surface area contributed by atoms with Crippen LogP contribution in [0, 0.1) is 0 Å². The van der Waals surface area contributed by atoms with Crippen LogP contribution >= 0.6 is 0 Å². The van der Waals surface area contributed by atoms with Crippen molar-refractivity contribution in [2.45, 2.75) is 31.9 Å². The summed E-state index contributed by atoms with van der Waals surface area (Å²) in [4.78, 5) is 0. The number of rotatable bonds is 7. The van der Waals surface area contributed by atoms with E-state index in [9.17, 15) is 8.42 Å². The maximum Gasteiger partial charge on any atom is 0.216 e. The average Bonchev–Trinajstić information content (AvgIpc) is 2.09. The Morgan fingerprint density at radius 2 is 1.87 bits per heavy atom. The van der Waals surface area contributed by atoms with Crippen molar-refractivity contribution >= 4 is 10.0 Å². The molecule has 0 fully saturated rings. The molecule has 0 saturated carbocycles. The van der Waals surface area contributed by atoms with Crippen LogP contribution in [0.15, 0.2) is 0 Å². The van der Waals surface area contributed by atoms with E-state index in [0.717, 1.165) is 0 Å². The van der Waals surface area contributed by atoms with Gasteiger partial charge in [0.05, 0.1) is 18.0 Å². The van der Waals surface area contributed by atoms with Gasteiger partial charge in [-0.1, -0.05) is 0 Å². The molecule has 6 heteroatoms. The van der Waals surface area contributed by atoms with Crippen LogP contribution in [0.3, 0.4) is 0 Å². The van der Waals surface area contributed by atoms with Crippen molar-refractivity contribution in [3.63, 3.8) is 0 Å². The maximum absolute atomic E-state index is 11.5. The number of aliphatic hydroxyl groups excluding tert-OH is 1. The van der Waals surface area contributed by atoms with Crippen molar-refractivity contribution < 1.29 is 18.3 Å². The first-order chi connectivity index (χ1) is 6.81. The molecule has 2 N–H and O–H groups in total. The van der Waals surface area contributed by atoms with E-state index in [-0.39, 0.29) is 6.61 Å². The molecule has 0 aromatic rings. The van der Waals surface area contributed by atoms with Gasteiger partial charge >= 0.3 is 0 Å². The Balaban J connectivity index is 3.69. The third kappa shape index (κ3) is 6.09. The molecule has 0 aromatic carbocycles. The lowest BCUT2D eigenvalue weighted by Gasteiger charge is -2.19. The summed E-state index contributed by atoms with van der Waals surface area (Å²) >= 11 is 0.